The lowest BCUT2D eigenvalue weighted by Crippen LogP contribution is -2.62. The van der Waals surface area contributed by atoms with E-state index in [9.17, 15) is 34.7 Å². The van der Waals surface area contributed by atoms with Crippen molar-refractivity contribution in [2.75, 3.05) is 44.6 Å². The molecule has 0 bridgehead atoms. The predicted octanol–water partition coefficient (Wildman–Crippen LogP) is 12.7. The first-order valence-corrected chi connectivity index (χ1v) is 32.4. The van der Waals surface area contributed by atoms with E-state index in [-0.39, 0.29) is 68.1 Å². The lowest BCUT2D eigenvalue weighted by atomic mass is 9.43. The summed E-state index contributed by atoms with van der Waals surface area (Å²) in [6.45, 7) is 16.7. The van der Waals surface area contributed by atoms with Crippen molar-refractivity contribution in [2.24, 2.45) is 57.2 Å². The standard InChI is InChI=1S/C31H37NO8.C28H42N2O3.C5H11N.CH2Cl2/c1-29-14-11-23(40-28(34)39-22-7-5-21(6-8-22)32(36)37)17-20(29)4-9-26-25(29)12-15-30(2)24(13-16-31(26,30)35)19-3-10-27(33)38-18-19;1-26-10-7-21(30-15-13-29-14-16-30)17-20(26)4-5-24-23(26)8-11-27(2)22(9-12-28(24,27)32)19-3-6-25(31)33-18-19;1-2-4-6-5-3-1;2-1-3/h3,5-8,10,18,20,23-26,35H,4,9,11-17H2,1-2H3;3,6,18,20-24,29,32H,4-5,7-17H2,1-2H3;6H,1-5H2;1H2/t20-,23+,24-,25+,26-,29+,30-,31+;20-,21+,22-,23+,24-,26+,27-,28+;;/m11../s1. The van der Waals surface area contributed by atoms with Crippen molar-refractivity contribution in [2.45, 2.75) is 198 Å². The number of nitro groups is 1. The molecule has 15 nitrogen and oxygen atoms in total. The molecule has 2 saturated heterocycles. The molecule has 10 aliphatic rings. The van der Waals surface area contributed by atoms with Crippen LogP contribution in [0.5, 0.6) is 5.75 Å². The molecule has 16 atom stereocenters. The summed E-state index contributed by atoms with van der Waals surface area (Å²) in [5.41, 5.74) is 0.0952. The van der Waals surface area contributed by atoms with Gasteiger partial charge in [0, 0.05) is 67.3 Å². The number of piperazine rings is 1. The molecular formula is C65H92Cl2N4O11. The summed E-state index contributed by atoms with van der Waals surface area (Å²) in [5.74, 6) is 3.54. The summed E-state index contributed by atoms with van der Waals surface area (Å²) in [6.07, 6.45) is 25.1. The van der Waals surface area contributed by atoms with Gasteiger partial charge in [0.1, 0.15) is 11.9 Å². The maximum Gasteiger partial charge on any atom is 0.514 e. The Labute approximate surface area is 494 Å². The average molecular weight is 1180 g/mol. The number of benzene rings is 1. The van der Waals surface area contributed by atoms with Gasteiger partial charge in [-0.05, 0) is 235 Å². The average Bonchev–Trinajstić information content (AvgIpc) is 1.82. The van der Waals surface area contributed by atoms with E-state index in [0.29, 0.717) is 29.1 Å². The molecule has 0 radical (unpaired) electrons. The number of fused-ring (bicyclic) bond motifs is 10. The van der Waals surface area contributed by atoms with Crippen LogP contribution in [0.3, 0.4) is 0 Å². The molecule has 0 amide bonds. The highest BCUT2D eigenvalue weighted by molar-refractivity contribution is 6.40. The monoisotopic (exact) mass is 1170 g/mol. The molecule has 13 rings (SSSR count). The number of nitrogens with zero attached hydrogens (tertiary/aromatic N) is 2. The molecule has 17 heteroatoms. The van der Waals surface area contributed by atoms with Crippen molar-refractivity contribution in [1.29, 1.82) is 0 Å². The third-order valence-corrected chi connectivity index (χ3v) is 24.3. The summed E-state index contributed by atoms with van der Waals surface area (Å²) in [7, 11) is 0. The molecule has 8 aliphatic carbocycles. The summed E-state index contributed by atoms with van der Waals surface area (Å²) in [4.78, 5) is 48.7. The summed E-state index contributed by atoms with van der Waals surface area (Å²) < 4.78 is 21.4. The summed E-state index contributed by atoms with van der Waals surface area (Å²) in [6, 6.07) is 13.0. The number of hydrogen-bond donors (Lipinski definition) is 4. The molecule has 0 unspecified atom stereocenters. The van der Waals surface area contributed by atoms with E-state index in [2.05, 4.69) is 43.2 Å². The minimum absolute atomic E-state index is 0.0692. The van der Waals surface area contributed by atoms with Gasteiger partial charge in [-0.1, -0.05) is 34.1 Å². The normalized spacial score (nSPS) is 40.0. The highest BCUT2D eigenvalue weighted by Gasteiger charge is 2.69. The van der Waals surface area contributed by atoms with Gasteiger partial charge in [0.05, 0.1) is 34.0 Å². The first kappa shape index (κ1) is 61.3. The molecule has 2 aromatic heterocycles. The zero-order valence-electron chi connectivity index (χ0n) is 49.1. The Morgan fingerprint density at radius 2 is 1.13 bits per heavy atom. The van der Waals surface area contributed by atoms with E-state index in [4.69, 9.17) is 41.5 Å². The second-order valence-electron chi connectivity index (χ2n) is 27.4. The van der Waals surface area contributed by atoms with Crippen LogP contribution in [0.2, 0.25) is 0 Å². The number of hydrogen-bond acceptors (Lipinski definition) is 14. The number of rotatable bonds is 6. The minimum atomic E-state index is -0.785. The van der Waals surface area contributed by atoms with E-state index in [1.165, 1.54) is 114 Å². The van der Waals surface area contributed by atoms with E-state index < -0.39 is 22.3 Å². The smallest absolute Gasteiger partial charge is 0.431 e. The van der Waals surface area contributed by atoms with Crippen molar-refractivity contribution in [1.82, 2.24) is 15.5 Å². The number of aliphatic hydroxyl groups is 2. The minimum Gasteiger partial charge on any atom is -0.431 e. The number of piperidine rings is 1. The summed E-state index contributed by atoms with van der Waals surface area (Å²) >= 11 is 9.53. The van der Waals surface area contributed by atoms with E-state index in [0.717, 1.165) is 113 Å². The van der Waals surface area contributed by atoms with Crippen molar-refractivity contribution in [3.05, 3.63) is 103 Å². The van der Waals surface area contributed by atoms with Gasteiger partial charge in [0.2, 0.25) is 0 Å². The molecule has 4 heterocycles. The number of non-ortho nitro benzene ring substituents is 1. The van der Waals surface area contributed by atoms with Gasteiger partial charge >= 0.3 is 17.4 Å². The molecule has 82 heavy (non-hydrogen) atoms. The van der Waals surface area contributed by atoms with Gasteiger partial charge in [0.15, 0.2) is 0 Å². The van der Waals surface area contributed by atoms with Crippen LogP contribution in [0.1, 0.15) is 185 Å². The van der Waals surface area contributed by atoms with Gasteiger partial charge in [0.25, 0.3) is 5.69 Å². The van der Waals surface area contributed by atoms with Gasteiger partial charge in [-0.25, -0.2) is 14.4 Å². The second-order valence-corrected chi connectivity index (χ2v) is 28.3. The lowest BCUT2D eigenvalue weighted by molar-refractivity contribution is -0.384. The Kier molecular flexibility index (Phi) is 18.9. The van der Waals surface area contributed by atoms with Crippen molar-refractivity contribution in [3.63, 3.8) is 0 Å². The largest absolute Gasteiger partial charge is 0.514 e. The van der Waals surface area contributed by atoms with Crippen LogP contribution >= 0.6 is 23.2 Å². The Balaban J connectivity index is 0.000000161. The van der Waals surface area contributed by atoms with Gasteiger partial charge in [-0.2, -0.15) is 0 Å². The molecule has 4 N–H and O–H groups in total. The van der Waals surface area contributed by atoms with Crippen LogP contribution in [0.15, 0.2) is 79.5 Å². The molecule has 3 aromatic rings. The fraction of sp³-hybridized carbons (Fsp3) is 0.738. The maximum atomic E-state index is 12.5. The number of nitrogens with one attached hydrogen (secondary N) is 2. The molecule has 2 aliphatic heterocycles. The SMILES string of the molecule is C1CCNCC1.C[C@]12CC[C@H](N3CCNCC3)C[C@H]1CC[C@@H]1[C@@H]2CC[C@]2(C)[C@@H](c3ccc(=O)oc3)CC[C@]12O.C[C@]12CC[C@H](OC(=O)Oc3ccc([N+](=O)[O-])cc3)C[C@H]1CC[C@@H]1[C@@H]2CC[C@]2(C)[C@@H](c3ccc(=O)oc3)CC[C@]12O.ClCCl. The maximum absolute atomic E-state index is 12.5. The van der Waals surface area contributed by atoms with Gasteiger partial charge < -0.3 is 39.2 Å². The van der Waals surface area contributed by atoms with Crippen LogP contribution in [0.25, 0.3) is 0 Å². The molecule has 452 valence electrons. The van der Waals surface area contributed by atoms with E-state index in [1.807, 2.05) is 12.1 Å². The molecule has 10 fully saturated rings. The second kappa shape index (κ2) is 25.2. The Morgan fingerprint density at radius 1 is 0.634 bits per heavy atom. The van der Waals surface area contributed by atoms with Gasteiger partial charge in [-0.15, -0.1) is 23.2 Å². The van der Waals surface area contributed by atoms with Crippen molar-refractivity contribution in [3.8, 4) is 5.75 Å². The van der Waals surface area contributed by atoms with E-state index >= 15 is 0 Å². The zero-order chi connectivity index (χ0) is 58.1. The van der Waals surface area contributed by atoms with Crippen LogP contribution in [-0.2, 0) is 4.74 Å². The van der Waals surface area contributed by atoms with E-state index in [1.54, 1.807) is 18.6 Å². The summed E-state index contributed by atoms with van der Waals surface area (Å²) in [5, 5.41) is 42.6. The highest BCUT2D eigenvalue weighted by atomic mass is 35.5. The lowest BCUT2D eigenvalue weighted by Gasteiger charge is -2.64. The molecule has 0 spiro atoms. The molecular weight excluding hydrogens is 1080 g/mol. The number of ether oxygens (including phenoxy) is 2. The van der Waals surface area contributed by atoms with Crippen LogP contribution in [0.4, 0.5) is 10.5 Å². The van der Waals surface area contributed by atoms with Crippen LogP contribution in [-0.4, -0.2) is 94.1 Å². The highest BCUT2D eigenvalue weighted by Crippen LogP contribution is 2.72. The number of carbonyl (C=O) groups excluding carboxylic acids is 1. The third kappa shape index (κ3) is 11.7. The third-order valence-electron chi connectivity index (χ3n) is 24.3. The zero-order valence-corrected chi connectivity index (χ0v) is 50.6. The fourth-order valence-electron chi connectivity index (χ4n) is 19.8. The van der Waals surface area contributed by atoms with Gasteiger partial charge in [-0.3, -0.25) is 15.0 Å². The fourth-order valence-corrected chi connectivity index (χ4v) is 19.8. The number of halogens is 2. The first-order chi connectivity index (χ1) is 39.3. The van der Waals surface area contributed by atoms with Crippen molar-refractivity contribution >= 4 is 35.0 Å². The van der Waals surface area contributed by atoms with Crippen LogP contribution < -0.4 is 26.6 Å². The molecule has 8 saturated carbocycles. The quantitative estimate of drug-likeness (QED) is 0.0596. The van der Waals surface area contributed by atoms with Crippen molar-refractivity contribution < 1.29 is 38.2 Å². The number of alkyl halides is 2. The number of carbonyl (C=O) groups is 1. The molecule has 1 aromatic carbocycles. The first-order valence-electron chi connectivity index (χ1n) is 31.3. The Hall–Kier alpha value is -3.83. The Bertz CT molecular complexity index is 2740. The topological polar surface area (TPSA) is 207 Å². The van der Waals surface area contributed by atoms with Crippen LogP contribution in [0, 0.1) is 67.3 Å². The number of nitro benzene ring substituents is 1. The predicted molar refractivity (Wildman–Crippen MR) is 317 cm³/mol. The Morgan fingerprint density at radius 3 is 1.60 bits per heavy atom.